The molecule has 0 heterocycles. The molecule has 0 nitrogen and oxygen atoms in total. The summed E-state index contributed by atoms with van der Waals surface area (Å²) in [5, 5.41) is 0. The van der Waals surface area contributed by atoms with Gasteiger partial charge < -0.3 is 0 Å². The third-order valence-electron chi connectivity index (χ3n) is 5.70. The van der Waals surface area contributed by atoms with E-state index in [9.17, 15) is 0 Å². The van der Waals surface area contributed by atoms with Crippen molar-refractivity contribution in [3.63, 3.8) is 0 Å². The Morgan fingerprint density at radius 3 is 1.96 bits per heavy atom. The summed E-state index contributed by atoms with van der Waals surface area (Å²) < 4.78 is 0. The molecule has 152 valence electrons. The number of allylic oxidation sites excluding steroid dienone is 4. The van der Waals surface area contributed by atoms with Gasteiger partial charge in [-0.15, -0.1) is 0 Å². The Labute approximate surface area is 162 Å². The molecule has 0 N–H and O–H groups in total. The number of rotatable bonds is 10. The SMILES string of the molecule is C.C.CC/C=C(C)\C=C/CC(C)CCC(C(C)C(C)CC)C(C)(C)C. The molecule has 0 fully saturated rings. The van der Waals surface area contributed by atoms with Crippen molar-refractivity contribution >= 4 is 0 Å². The van der Waals surface area contributed by atoms with E-state index in [0.29, 0.717) is 5.41 Å². The zero-order valence-electron chi connectivity index (χ0n) is 17.6. The van der Waals surface area contributed by atoms with Crippen molar-refractivity contribution in [3.05, 3.63) is 23.8 Å². The van der Waals surface area contributed by atoms with E-state index in [1.54, 1.807) is 0 Å². The predicted molar refractivity (Wildman–Crippen MR) is 121 cm³/mol. The van der Waals surface area contributed by atoms with Gasteiger partial charge in [0, 0.05) is 0 Å². The minimum atomic E-state index is 0. The van der Waals surface area contributed by atoms with E-state index in [2.05, 4.69) is 80.5 Å². The predicted octanol–water partition coefficient (Wildman–Crippen LogP) is 9.32. The van der Waals surface area contributed by atoms with Crippen molar-refractivity contribution in [2.75, 3.05) is 0 Å². The molecule has 0 aliphatic heterocycles. The smallest absolute Gasteiger partial charge is 0.0322 e. The van der Waals surface area contributed by atoms with Gasteiger partial charge in [0.25, 0.3) is 0 Å². The van der Waals surface area contributed by atoms with Gasteiger partial charge in [0.2, 0.25) is 0 Å². The van der Waals surface area contributed by atoms with E-state index in [4.69, 9.17) is 0 Å². The van der Waals surface area contributed by atoms with E-state index in [1.807, 2.05) is 0 Å². The van der Waals surface area contributed by atoms with Gasteiger partial charge in [-0.05, 0) is 55.3 Å². The summed E-state index contributed by atoms with van der Waals surface area (Å²) in [6.07, 6.45) is 13.3. The van der Waals surface area contributed by atoms with Crippen LogP contribution >= 0.6 is 0 Å². The second-order valence-electron chi connectivity index (χ2n) is 8.89. The van der Waals surface area contributed by atoms with Gasteiger partial charge in [-0.1, -0.05) is 107 Å². The first kappa shape index (κ1) is 29.3. The van der Waals surface area contributed by atoms with Crippen LogP contribution in [0.25, 0.3) is 0 Å². The Hall–Kier alpha value is -0.520. The third kappa shape index (κ3) is 12.5. The Balaban J connectivity index is -0.00000242. The molecule has 0 saturated heterocycles. The maximum Gasteiger partial charge on any atom is -0.0322 e. The van der Waals surface area contributed by atoms with Gasteiger partial charge >= 0.3 is 0 Å². The van der Waals surface area contributed by atoms with Gasteiger partial charge in [-0.3, -0.25) is 0 Å². The summed E-state index contributed by atoms with van der Waals surface area (Å²) in [6, 6.07) is 0. The molecule has 4 unspecified atom stereocenters. The molecular formula is C25H52. The van der Waals surface area contributed by atoms with Crippen LogP contribution in [0.5, 0.6) is 0 Å². The summed E-state index contributed by atoms with van der Waals surface area (Å²) in [4.78, 5) is 0. The molecule has 0 aromatic rings. The Bertz CT molecular complexity index is 353. The van der Waals surface area contributed by atoms with Crippen LogP contribution in [-0.2, 0) is 0 Å². The summed E-state index contributed by atoms with van der Waals surface area (Å²) in [7, 11) is 0. The van der Waals surface area contributed by atoms with Crippen molar-refractivity contribution in [1.29, 1.82) is 0 Å². The quantitative estimate of drug-likeness (QED) is 0.343. The minimum absolute atomic E-state index is 0. The van der Waals surface area contributed by atoms with Crippen LogP contribution in [0.2, 0.25) is 0 Å². The lowest BCUT2D eigenvalue weighted by Crippen LogP contribution is -2.30. The average Bonchev–Trinajstić information content (AvgIpc) is 2.45. The molecule has 0 aliphatic carbocycles. The highest BCUT2D eigenvalue weighted by Gasteiger charge is 2.31. The van der Waals surface area contributed by atoms with E-state index >= 15 is 0 Å². The first-order valence-corrected chi connectivity index (χ1v) is 9.96. The van der Waals surface area contributed by atoms with Crippen LogP contribution in [0.15, 0.2) is 23.8 Å². The third-order valence-corrected chi connectivity index (χ3v) is 5.70. The maximum absolute atomic E-state index is 2.48. The normalized spacial score (nSPS) is 17.4. The van der Waals surface area contributed by atoms with E-state index in [0.717, 1.165) is 30.1 Å². The van der Waals surface area contributed by atoms with Crippen molar-refractivity contribution in [1.82, 2.24) is 0 Å². The van der Waals surface area contributed by atoms with Crippen molar-refractivity contribution in [3.8, 4) is 0 Å². The second-order valence-corrected chi connectivity index (χ2v) is 8.89. The molecule has 25 heavy (non-hydrogen) atoms. The highest BCUT2D eigenvalue weighted by Crippen LogP contribution is 2.40. The van der Waals surface area contributed by atoms with Crippen LogP contribution < -0.4 is 0 Å². The zero-order valence-corrected chi connectivity index (χ0v) is 17.6. The molecular weight excluding hydrogens is 300 g/mol. The molecule has 0 aromatic carbocycles. The Morgan fingerprint density at radius 1 is 0.960 bits per heavy atom. The van der Waals surface area contributed by atoms with E-state index in [-0.39, 0.29) is 14.9 Å². The van der Waals surface area contributed by atoms with Crippen molar-refractivity contribution in [2.24, 2.45) is 29.1 Å². The molecule has 0 aromatic heterocycles. The maximum atomic E-state index is 2.48. The minimum Gasteiger partial charge on any atom is -0.0840 e. The number of hydrogen-bond donors (Lipinski definition) is 0. The first-order valence-electron chi connectivity index (χ1n) is 9.96. The standard InChI is InChI=1S/C23H44.2CH4/c1-10-13-18(3)14-12-15-19(4)16-17-22(23(7,8)9)21(6)20(5)11-2;;/h12-14,19-22H,10-11,15-17H2,1-9H3;2*1H4/b14-12-,18-13-;;. The highest BCUT2D eigenvalue weighted by atomic mass is 14.4. The van der Waals surface area contributed by atoms with Crippen LogP contribution in [0, 0.1) is 29.1 Å². The largest absolute Gasteiger partial charge is 0.0840 e. The summed E-state index contributed by atoms with van der Waals surface area (Å²) in [6.45, 7) is 21.3. The fraction of sp³-hybridized carbons (Fsp3) is 0.840. The molecule has 4 atom stereocenters. The van der Waals surface area contributed by atoms with Gasteiger partial charge in [-0.2, -0.15) is 0 Å². The average molecular weight is 353 g/mol. The topological polar surface area (TPSA) is 0 Å². The summed E-state index contributed by atoms with van der Waals surface area (Å²) >= 11 is 0. The molecule has 0 heteroatoms. The van der Waals surface area contributed by atoms with Gasteiger partial charge in [0.05, 0.1) is 0 Å². The van der Waals surface area contributed by atoms with Gasteiger partial charge in [-0.25, -0.2) is 0 Å². The molecule has 0 radical (unpaired) electrons. The Morgan fingerprint density at radius 2 is 1.52 bits per heavy atom. The molecule has 0 rings (SSSR count). The summed E-state index contributed by atoms with van der Waals surface area (Å²) in [5.41, 5.74) is 1.82. The van der Waals surface area contributed by atoms with E-state index < -0.39 is 0 Å². The molecule has 0 spiro atoms. The van der Waals surface area contributed by atoms with Crippen LogP contribution in [0.3, 0.4) is 0 Å². The van der Waals surface area contributed by atoms with Gasteiger partial charge in [0.1, 0.15) is 0 Å². The monoisotopic (exact) mass is 352 g/mol. The lowest BCUT2D eigenvalue weighted by molar-refractivity contribution is 0.110. The van der Waals surface area contributed by atoms with Crippen molar-refractivity contribution < 1.29 is 0 Å². The molecule has 0 bridgehead atoms. The van der Waals surface area contributed by atoms with Crippen LogP contribution in [-0.4, -0.2) is 0 Å². The number of hydrogen-bond acceptors (Lipinski definition) is 0. The summed E-state index contributed by atoms with van der Waals surface area (Å²) in [5.74, 6) is 3.26. The lowest BCUT2D eigenvalue weighted by Gasteiger charge is -2.39. The van der Waals surface area contributed by atoms with Crippen molar-refractivity contribution in [2.45, 2.75) is 109 Å². The van der Waals surface area contributed by atoms with Crippen LogP contribution in [0.1, 0.15) is 109 Å². The first-order chi connectivity index (χ1) is 10.6. The lowest BCUT2D eigenvalue weighted by atomic mass is 9.67. The van der Waals surface area contributed by atoms with Crippen LogP contribution in [0.4, 0.5) is 0 Å². The fourth-order valence-electron chi connectivity index (χ4n) is 3.71. The zero-order chi connectivity index (χ0) is 18.0. The van der Waals surface area contributed by atoms with Gasteiger partial charge in [0.15, 0.2) is 0 Å². The molecule has 0 saturated carbocycles. The fourth-order valence-corrected chi connectivity index (χ4v) is 3.71. The Kier molecular flexibility index (Phi) is 17.1. The highest BCUT2D eigenvalue weighted by molar-refractivity contribution is 5.15. The second kappa shape index (κ2) is 14.6. The molecule has 0 amide bonds. The van der Waals surface area contributed by atoms with E-state index in [1.165, 1.54) is 31.3 Å². The molecule has 0 aliphatic rings.